The van der Waals surface area contributed by atoms with Crippen molar-refractivity contribution in [2.24, 2.45) is 0 Å². The molecule has 1 aromatic carbocycles. The molecule has 1 aromatic rings. The van der Waals surface area contributed by atoms with Crippen LogP contribution in [0.4, 0.5) is 4.39 Å². The zero-order valence-electron chi connectivity index (χ0n) is 12.9. The average molecular weight is 344 g/mol. The minimum Gasteiger partial charge on any atom is -0.479 e. The van der Waals surface area contributed by atoms with Crippen LogP contribution in [0.1, 0.15) is 19.8 Å². The first-order chi connectivity index (χ1) is 11.0. The maximum atomic E-state index is 13.0. The Labute approximate surface area is 139 Å². The van der Waals surface area contributed by atoms with Crippen LogP contribution in [0.15, 0.2) is 18.2 Å². The van der Waals surface area contributed by atoms with Crippen LogP contribution >= 0.6 is 11.6 Å². The molecule has 0 saturated carbocycles. The smallest absolute Gasteiger partial charge is 0.263 e. The lowest BCUT2D eigenvalue weighted by Crippen LogP contribution is -2.50. The minimum absolute atomic E-state index is 0.127. The second-order valence-electron chi connectivity index (χ2n) is 5.77. The van der Waals surface area contributed by atoms with Gasteiger partial charge in [-0.3, -0.25) is 4.79 Å². The second-order valence-corrected chi connectivity index (χ2v) is 6.17. The van der Waals surface area contributed by atoms with Gasteiger partial charge < -0.3 is 19.1 Å². The van der Waals surface area contributed by atoms with Gasteiger partial charge in [-0.2, -0.15) is 0 Å². The first-order valence-electron chi connectivity index (χ1n) is 7.67. The molecule has 0 aliphatic carbocycles. The molecule has 0 aromatic heterocycles. The molecule has 2 aliphatic heterocycles. The maximum absolute atomic E-state index is 13.0. The number of ether oxygens (including phenoxy) is 3. The zero-order chi connectivity index (χ0) is 16.4. The molecule has 7 heteroatoms. The van der Waals surface area contributed by atoms with Gasteiger partial charge in [0.2, 0.25) is 0 Å². The van der Waals surface area contributed by atoms with Crippen LogP contribution in [0.3, 0.4) is 0 Å². The molecule has 126 valence electrons. The van der Waals surface area contributed by atoms with E-state index < -0.39 is 17.7 Å². The van der Waals surface area contributed by atoms with Gasteiger partial charge in [-0.15, -0.1) is 0 Å². The van der Waals surface area contributed by atoms with E-state index >= 15 is 0 Å². The quantitative estimate of drug-likeness (QED) is 0.846. The van der Waals surface area contributed by atoms with Crippen LogP contribution in [-0.2, 0) is 14.3 Å². The second kappa shape index (κ2) is 6.63. The molecule has 5 nitrogen and oxygen atoms in total. The van der Waals surface area contributed by atoms with E-state index in [0.717, 1.165) is 6.07 Å². The number of carbonyl (C=O) groups excluding carboxylic acids is 1. The van der Waals surface area contributed by atoms with Crippen molar-refractivity contribution < 1.29 is 23.4 Å². The molecule has 1 amide bonds. The highest BCUT2D eigenvalue weighted by molar-refractivity contribution is 6.32. The van der Waals surface area contributed by atoms with Gasteiger partial charge >= 0.3 is 0 Å². The van der Waals surface area contributed by atoms with Crippen LogP contribution in [0, 0.1) is 5.82 Å². The third-order valence-electron chi connectivity index (χ3n) is 4.20. The number of piperidine rings is 1. The largest absolute Gasteiger partial charge is 0.479 e. The normalized spacial score (nSPS) is 21.4. The lowest BCUT2D eigenvalue weighted by Gasteiger charge is -2.38. The van der Waals surface area contributed by atoms with Gasteiger partial charge in [0.15, 0.2) is 11.9 Å². The monoisotopic (exact) mass is 343 g/mol. The van der Waals surface area contributed by atoms with Crippen LogP contribution in [0.25, 0.3) is 0 Å². The first-order valence-corrected chi connectivity index (χ1v) is 8.05. The lowest BCUT2D eigenvalue weighted by molar-refractivity contribution is -0.188. The Kier molecular flexibility index (Phi) is 4.75. The molecule has 23 heavy (non-hydrogen) atoms. The fourth-order valence-corrected chi connectivity index (χ4v) is 3.13. The highest BCUT2D eigenvalue weighted by atomic mass is 35.5. The molecule has 0 N–H and O–H groups in total. The molecular formula is C16H19ClFNO4. The van der Waals surface area contributed by atoms with Crippen molar-refractivity contribution in [3.8, 4) is 5.75 Å². The number of nitrogens with zero attached hydrogens (tertiary/aromatic N) is 1. The molecule has 2 fully saturated rings. The summed E-state index contributed by atoms with van der Waals surface area (Å²) in [5, 5.41) is 0.148. The summed E-state index contributed by atoms with van der Waals surface area (Å²) < 4.78 is 29.9. The third-order valence-corrected chi connectivity index (χ3v) is 4.49. The van der Waals surface area contributed by atoms with Crippen molar-refractivity contribution in [1.82, 2.24) is 4.90 Å². The SMILES string of the molecule is CC(Oc1ccc(F)cc1Cl)C(=O)N1CCC2(CC1)OCCO2. The Morgan fingerprint density at radius 2 is 2.00 bits per heavy atom. The number of hydrogen-bond donors (Lipinski definition) is 0. The maximum Gasteiger partial charge on any atom is 0.263 e. The van der Waals surface area contributed by atoms with Crippen LogP contribution in [0.2, 0.25) is 5.02 Å². The summed E-state index contributed by atoms with van der Waals surface area (Å²) >= 11 is 5.92. The number of benzene rings is 1. The van der Waals surface area contributed by atoms with Crippen molar-refractivity contribution in [1.29, 1.82) is 0 Å². The summed E-state index contributed by atoms with van der Waals surface area (Å²) in [5.74, 6) is -0.788. The van der Waals surface area contributed by atoms with E-state index in [9.17, 15) is 9.18 Å². The minimum atomic E-state index is -0.697. The number of halogens is 2. The summed E-state index contributed by atoms with van der Waals surface area (Å²) in [6.07, 6.45) is 0.614. The van der Waals surface area contributed by atoms with Crippen LogP contribution in [0.5, 0.6) is 5.75 Å². The van der Waals surface area contributed by atoms with E-state index in [4.69, 9.17) is 25.8 Å². The van der Waals surface area contributed by atoms with E-state index in [2.05, 4.69) is 0 Å². The summed E-state index contributed by atoms with van der Waals surface area (Å²) in [6, 6.07) is 3.83. The Balaban J connectivity index is 1.57. The number of rotatable bonds is 3. The predicted octanol–water partition coefficient (Wildman–Crippen LogP) is 2.61. The fraction of sp³-hybridized carbons (Fsp3) is 0.562. The van der Waals surface area contributed by atoms with Gasteiger partial charge in [-0.05, 0) is 25.1 Å². The molecule has 0 radical (unpaired) electrons. The number of carbonyl (C=O) groups is 1. The van der Waals surface area contributed by atoms with E-state index in [-0.39, 0.29) is 10.9 Å². The van der Waals surface area contributed by atoms with Gasteiger partial charge in [-0.25, -0.2) is 4.39 Å². The number of amides is 1. The molecule has 0 bridgehead atoms. The summed E-state index contributed by atoms with van der Waals surface area (Å²) in [5.41, 5.74) is 0. The van der Waals surface area contributed by atoms with Crippen LogP contribution in [-0.4, -0.2) is 49.0 Å². The van der Waals surface area contributed by atoms with E-state index in [0.29, 0.717) is 44.9 Å². The van der Waals surface area contributed by atoms with Crippen molar-refractivity contribution in [3.05, 3.63) is 29.0 Å². The van der Waals surface area contributed by atoms with E-state index in [1.807, 2.05) is 0 Å². The molecule has 1 spiro atoms. The number of likely N-dealkylation sites (tertiary alicyclic amines) is 1. The van der Waals surface area contributed by atoms with Gasteiger partial charge in [0.25, 0.3) is 5.91 Å². The van der Waals surface area contributed by atoms with E-state index in [1.165, 1.54) is 12.1 Å². The van der Waals surface area contributed by atoms with Crippen molar-refractivity contribution >= 4 is 17.5 Å². The molecule has 1 unspecified atom stereocenters. The zero-order valence-corrected chi connectivity index (χ0v) is 13.6. The van der Waals surface area contributed by atoms with Crippen molar-refractivity contribution in [2.45, 2.75) is 31.7 Å². The highest BCUT2D eigenvalue weighted by Gasteiger charge is 2.41. The molecule has 3 rings (SSSR count). The van der Waals surface area contributed by atoms with Gasteiger partial charge in [0, 0.05) is 25.9 Å². The first kappa shape index (κ1) is 16.5. The standard InChI is InChI=1S/C16H19ClFNO4/c1-11(23-14-3-2-12(18)10-13(14)17)15(20)19-6-4-16(5-7-19)21-8-9-22-16/h2-3,10-11H,4-9H2,1H3. The van der Waals surface area contributed by atoms with E-state index in [1.54, 1.807) is 11.8 Å². The summed E-state index contributed by atoms with van der Waals surface area (Å²) in [6.45, 7) is 4.00. The molecule has 2 saturated heterocycles. The number of hydrogen-bond acceptors (Lipinski definition) is 4. The summed E-state index contributed by atoms with van der Waals surface area (Å²) in [4.78, 5) is 14.2. The van der Waals surface area contributed by atoms with Crippen molar-refractivity contribution in [3.63, 3.8) is 0 Å². The topological polar surface area (TPSA) is 48.0 Å². The Bertz CT molecular complexity index is 581. The third kappa shape index (κ3) is 3.59. The van der Waals surface area contributed by atoms with Gasteiger partial charge in [-0.1, -0.05) is 11.6 Å². The van der Waals surface area contributed by atoms with Crippen molar-refractivity contribution in [2.75, 3.05) is 26.3 Å². The summed E-state index contributed by atoms with van der Waals surface area (Å²) in [7, 11) is 0. The Hall–Kier alpha value is -1.37. The molecular weight excluding hydrogens is 325 g/mol. The lowest BCUT2D eigenvalue weighted by atomic mass is 10.0. The molecule has 2 aliphatic rings. The highest BCUT2D eigenvalue weighted by Crippen LogP contribution is 2.32. The Morgan fingerprint density at radius 3 is 2.61 bits per heavy atom. The Morgan fingerprint density at radius 1 is 1.35 bits per heavy atom. The van der Waals surface area contributed by atoms with Gasteiger partial charge in [0.05, 0.1) is 18.2 Å². The van der Waals surface area contributed by atoms with Gasteiger partial charge in [0.1, 0.15) is 11.6 Å². The average Bonchev–Trinajstić information content (AvgIpc) is 2.98. The van der Waals surface area contributed by atoms with Crippen LogP contribution < -0.4 is 4.74 Å². The molecule has 1 atom stereocenters. The fourth-order valence-electron chi connectivity index (χ4n) is 2.92. The molecule has 2 heterocycles. The predicted molar refractivity (Wildman–Crippen MR) is 81.9 cm³/mol.